The fraction of sp³-hybridized carbons (Fsp3) is 0.273. The van der Waals surface area contributed by atoms with E-state index in [1.165, 1.54) is 0 Å². The zero-order chi connectivity index (χ0) is 20.4. The highest BCUT2D eigenvalue weighted by atomic mass is 32.2. The van der Waals surface area contributed by atoms with Gasteiger partial charge in [-0.15, -0.1) is 0 Å². The lowest BCUT2D eigenvalue weighted by Crippen LogP contribution is -2.20. The Balaban J connectivity index is 1.44. The van der Waals surface area contributed by atoms with Crippen molar-refractivity contribution in [1.82, 2.24) is 9.78 Å². The van der Waals surface area contributed by atoms with Crippen LogP contribution in [0.25, 0.3) is 11.1 Å². The van der Waals surface area contributed by atoms with Crippen molar-refractivity contribution in [2.75, 3.05) is 16.8 Å². The van der Waals surface area contributed by atoms with Crippen LogP contribution in [0.1, 0.15) is 23.7 Å². The maximum Gasteiger partial charge on any atom is 0.229 e. The summed E-state index contributed by atoms with van der Waals surface area (Å²) in [5, 5.41) is 7.30. The van der Waals surface area contributed by atoms with E-state index >= 15 is 0 Å². The first-order chi connectivity index (χ1) is 13.9. The topological polar surface area (TPSA) is 81.1 Å². The summed E-state index contributed by atoms with van der Waals surface area (Å²) in [6, 6.07) is 19.6. The summed E-state index contributed by atoms with van der Waals surface area (Å²) >= 11 is 0. The van der Waals surface area contributed by atoms with Crippen LogP contribution >= 0.6 is 0 Å². The van der Waals surface area contributed by atoms with E-state index in [1.807, 2.05) is 49.4 Å². The van der Waals surface area contributed by atoms with Gasteiger partial charge in [0.05, 0.1) is 29.7 Å². The van der Waals surface area contributed by atoms with Crippen molar-refractivity contribution < 1.29 is 13.2 Å². The second kappa shape index (κ2) is 7.83. The van der Waals surface area contributed by atoms with Crippen molar-refractivity contribution >= 4 is 21.6 Å². The van der Waals surface area contributed by atoms with E-state index < -0.39 is 9.84 Å². The highest BCUT2D eigenvalue weighted by Crippen LogP contribution is 2.27. The molecule has 0 saturated carbocycles. The number of carbonyl (C=O) groups excluding carboxylic acids is 1. The molecule has 1 aliphatic heterocycles. The first-order valence-electron chi connectivity index (χ1n) is 9.60. The Morgan fingerprint density at radius 3 is 2.45 bits per heavy atom. The molecule has 0 unspecified atom stereocenters. The number of nitrogens with one attached hydrogen (secondary N) is 1. The minimum atomic E-state index is -3.03. The number of hydrogen-bond donors (Lipinski definition) is 1. The van der Waals surface area contributed by atoms with E-state index in [2.05, 4.69) is 22.5 Å². The molecule has 1 N–H and O–H groups in total. The van der Waals surface area contributed by atoms with Gasteiger partial charge in [-0.05, 0) is 30.0 Å². The molecule has 1 atom stereocenters. The number of amides is 1. The summed E-state index contributed by atoms with van der Waals surface area (Å²) in [5.41, 5.74) is 3.89. The molecule has 1 aromatic heterocycles. The third-order valence-corrected chi connectivity index (χ3v) is 6.86. The second-order valence-corrected chi connectivity index (χ2v) is 9.69. The highest BCUT2D eigenvalue weighted by Gasteiger charge is 2.31. The van der Waals surface area contributed by atoms with Gasteiger partial charge in [-0.1, -0.05) is 54.6 Å². The minimum Gasteiger partial charge on any atom is -0.311 e. The Morgan fingerprint density at radius 2 is 1.79 bits per heavy atom. The Morgan fingerprint density at radius 1 is 1.10 bits per heavy atom. The molecule has 2 heterocycles. The van der Waals surface area contributed by atoms with Crippen LogP contribution in [-0.2, 0) is 21.1 Å². The zero-order valence-electron chi connectivity index (χ0n) is 16.2. The number of hydrogen-bond acceptors (Lipinski definition) is 4. The largest absolute Gasteiger partial charge is 0.311 e. The average molecular weight is 410 g/mol. The predicted molar refractivity (Wildman–Crippen MR) is 113 cm³/mol. The molecule has 1 saturated heterocycles. The highest BCUT2D eigenvalue weighted by molar-refractivity contribution is 7.91. The molecule has 150 valence electrons. The van der Waals surface area contributed by atoms with Gasteiger partial charge in [0.1, 0.15) is 5.82 Å². The lowest BCUT2D eigenvalue weighted by molar-refractivity contribution is -0.115. The van der Waals surface area contributed by atoms with Gasteiger partial charge in [-0.2, -0.15) is 5.10 Å². The Labute approximate surface area is 170 Å². The second-order valence-electron chi connectivity index (χ2n) is 7.46. The molecule has 7 heteroatoms. The molecule has 1 fully saturated rings. The van der Waals surface area contributed by atoms with Gasteiger partial charge in [0.2, 0.25) is 5.91 Å². The van der Waals surface area contributed by atoms with Crippen LogP contribution in [-0.4, -0.2) is 35.6 Å². The number of benzene rings is 2. The quantitative estimate of drug-likeness (QED) is 0.700. The summed E-state index contributed by atoms with van der Waals surface area (Å²) in [5.74, 6) is 0.630. The van der Waals surface area contributed by atoms with Crippen molar-refractivity contribution in [1.29, 1.82) is 0 Å². The SMILES string of the molecule is Cc1cc(NC(=O)Cc2ccc(-c3ccccc3)cc2)n([C@@H]2CCS(=O)(=O)C2)n1. The predicted octanol–water partition coefficient (Wildman–Crippen LogP) is 3.40. The molecule has 1 aliphatic rings. The number of aromatic nitrogens is 2. The molecule has 0 bridgehead atoms. The Bertz CT molecular complexity index is 1120. The summed E-state index contributed by atoms with van der Waals surface area (Å²) < 4.78 is 25.2. The minimum absolute atomic E-state index is 0.0674. The zero-order valence-corrected chi connectivity index (χ0v) is 17.0. The monoisotopic (exact) mass is 409 g/mol. The molecule has 0 spiro atoms. The normalized spacial score (nSPS) is 17.9. The summed E-state index contributed by atoms with van der Waals surface area (Å²) in [7, 11) is -3.03. The van der Waals surface area contributed by atoms with Crippen LogP contribution in [0.5, 0.6) is 0 Å². The molecule has 6 nitrogen and oxygen atoms in total. The van der Waals surface area contributed by atoms with Crippen molar-refractivity contribution in [3.8, 4) is 11.1 Å². The third-order valence-electron chi connectivity index (χ3n) is 5.11. The fourth-order valence-corrected chi connectivity index (χ4v) is 5.37. The Hall–Kier alpha value is -2.93. The maximum atomic E-state index is 12.6. The van der Waals surface area contributed by atoms with Crippen molar-refractivity contribution in [2.24, 2.45) is 0 Å². The molecule has 4 rings (SSSR count). The lowest BCUT2D eigenvalue weighted by atomic mass is 10.0. The van der Waals surface area contributed by atoms with E-state index in [1.54, 1.807) is 10.7 Å². The number of rotatable bonds is 5. The molecule has 0 aliphatic carbocycles. The van der Waals surface area contributed by atoms with E-state index in [0.717, 1.165) is 22.4 Å². The number of sulfone groups is 1. The Kier molecular flexibility index (Phi) is 5.24. The lowest BCUT2D eigenvalue weighted by Gasteiger charge is -2.14. The van der Waals surface area contributed by atoms with Gasteiger partial charge in [-0.25, -0.2) is 13.1 Å². The molecule has 3 aromatic rings. The number of aryl methyl sites for hydroxylation is 1. The van der Waals surface area contributed by atoms with E-state index in [4.69, 9.17) is 0 Å². The van der Waals surface area contributed by atoms with Crippen LogP contribution < -0.4 is 5.32 Å². The van der Waals surface area contributed by atoms with Crippen LogP contribution in [0.3, 0.4) is 0 Å². The summed E-state index contributed by atoms with van der Waals surface area (Å²) in [6.45, 7) is 1.83. The van der Waals surface area contributed by atoms with E-state index in [-0.39, 0.29) is 29.9 Å². The molecular formula is C22H23N3O3S. The molecule has 1 amide bonds. The third kappa shape index (κ3) is 4.56. The van der Waals surface area contributed by atoms with Crippen molar-refractivity contribution in [3.05, 3.63) is 71.9 Å². The molecule has 29 heavy (non-hydrogen) atoms. The van der Waals surface area contributed by atoms with Gasteiger partial charge < -0.3 is 5.32 Å². The van der Waals surface area contributed by atoms with E-state index in [0.29, 0.717) is 12.2 Å². The van der Waals surface area contributed by atoms with Crippen LogP contribution in [0.15, 0.2) is 60.7 Å². The average Bonchev–Trinajstić information content (AvgIpc) is 3.24. The van der Waals surface area contributed by atoms with Gasteiger partial charge in [0, 0.05) is 6.07 Å². The number of anilines is 1. The van der Waals surface area contributed by atoms with E-state index in [9.17, 15) is 13.2 Å². The van der Waals surface area contributed by atoms with Crippen LogP contribution in [0.2, 0.25) is 0 Å². The van der Waals surface area contributed by atoms with Gasteiger partial charge in [0.15, 0.2) is 9.84 Å². The van der Waals surface area contributed by atoms with Gasteiger partial charge in [-0.3, -0.25) is 4.79 Å². The standard InChI is InChI=1S/C22H23N3O3S/c1-16-13-21(25(24-16)20-11-12-29(27,28)15-20)23-22(26)14-17-7-9-19(10-8-17)18-5-3-2-4-6-18/h2-10,13,20H,11-12,14-15H2,1H3,(H,23,26)/t20-/m1/s1. The van der Waals surface area contributed by atoms with Crippen molar-refractivity contribution in [2.45, 2.75) is 25.8 Å². The van der Waals surface area contributed by atoms with Gasteiger partial charge >= 0.3 is 0 Å². The summed E-state index contributed by atoms with van der Waals surface area (Å²) in [6.07, 6.45) is 0.759. The van der Waals surface area contributed by atoms with Crippen molar-refractivity contribution in [3.63, 3.8) is 0 Å². The van der Waals surface area contributed by atoms with Crippen LogP contribution in [0.4, 0.5) is 5.82 Å². The first-order valence-corrected chi connectivity index (χ1v) is 11.4. The molecular weight excluding hydrogens is 386 g/mol. The summed E-state index contributed by atoms with van der Waals surface area (Å²) in [4.78, 5) is 12.6. The first kappa shape index (κ1) is 19.4. The number of carbonyl (C=O) groups is 1. The fourth-order valence-electron chi connectivity index (χ4n) is 3.67. The van der Waals surface area contributed by atoms with Gasteiger partial charge in [0.25, 0.3) is 0 Å². The van der Waals surface area contributed by atoms with Crippen LogP contribution in [0, 0.1) is 6.92 Å². The molecule has 2 aromatic carbocycles. The molecule has 0 radical (unpaired) electrons. The number of nitrogens with zero attached hydrogens (tertiary/aromatic N) is 2. The maximum absolute atomic E-state index is 12.6. The smallest absolute Gasteiger partial charge is 0.229 e.